The predicted molar refractivity (Wildman–Crippen MR) is 259 cm³/mol. The molecule has 0 bridgehead atoms. The number of aromatic carboxylic acids is 1. The van der Waals surface area contributed by atoms with Crippen LogP contribution in [-0.4, -0.2) is 128 Å². The van der Waals surface area contributed by atoms with E-state index in [-0.39, 0.29) is 106 Å². The Morgan fingerprint density at radius 3 is 2.25 bits per heavy atom. The number of nitrogens with one attached hydrogen (secondary N) is 4. The zero-order chi connectivity index (χ0) is 52.1. The third-order valence-electron chi connectivity index (χ3n) is 12.5. The minimum absolute atomic E-state index is 0.0358. The Morgan fingerprint density at radius 2 is 1.60 bits per heavy atom. The van der Waals surface area contributed by atoms with Crippen molar-refractivity contribution in [2.24, 2.45) is 11.7 Å². The van der Waals surface area contributed by atoms with Crippen LogP contribution in [-0.2, 0) is 41.9 Å². The van der Waals surface area contributed by atoms with Crippen LogP contribution in [0.5, 0.6) is 0 Å². The average molecular weight is 1000 g/mol. The van der Waals surface area contributed by atoms with Crippen molar-refractivity contribution in [3.63, 3.8) is 0 Å². The van der Waals surface area contributed by atoms with Crippen molar-refractivity contribution in [1.29, 1.82) is 0 Å². The van der Waals surface area contributed by atoms with E-state index in [2.05, 4.69) is 31.6 Å². The van der Waals surface area contributed by atoms with Crippen LogP contribution in [0.4, 0.5) is 25.4 Å². The molecule has 6 rings (SSSR count). The molecule has 0 saturated carbocycles. The third kappa shape index (κ3) is 13.9. The average Bonchev–Trinajstić information content (AvgIpc) is 3.96. The molecule has 4 heterocycles. The molecule has 2 aromatic carbocycles. The number of urea groups is 1. The second kappa shape index (κ2) is 24.8. The molecular formula is C48H61FN12O11. The van der Waals surface area contributed by atoms with E-state index in [0.717, 1.165) is 6.07 Å². The van der Waals surface area contributed by atoms with Gasteiger partial charge < -0.3 is 51.2 Å². The number of ether oxygens (including phenoxy) is 1. The van der Waals surface area contributed by atoms with Crippen LogP contribution in [0.2, 0.25) is 0 Å². The normalized spacial score (nSPS) is 14.6. The molecule has 24 heteroatoms. The van der Waals surface area contributed by atoms with E-state index in [9.17, 15) is 48.3 Å². The summed E-state index contributed by atoms with van der Waals surface area (Å²) in [4.78, 5) is 116. The number of likely N-dealkylation sites (tertiary alicyclic amines) is 1. The van der Waals surface area contributed by atoms with Gasteiger partial charge in [-0.15, -0.1) is 5.10 Å². The number of imide groups is 1. The number of piperazine rings is 1. The van der Waals surface area contributed by atoms with Gasteiger partial charge in [-0.3, -0.25) is 33.7 Å². The molecule has 2 saturated heterocycles. The Kier molecular flexibility index (Phi) is 18.4. The van der Waals surface area contributed by atoms with E-state index in [0.29, 0.717) is 61.2 Å². The number of benzene rings is 2. The summed E-state index contributed by atoms with van der Waals surface area (Å²) in [6.45, 7) is 7.00. The highest BCUT2D eigenvalue weighted by Crippen LogP contribution is 2.28. The first-order valence-corrected chi connectivity index (χ1v) is 23.9. The monoisotopic (exact) mass is 1000 g/mol. The number of aryl methyl sites for hydroxylation is 1. The summed E-state index contributed by atoms with van der Waals surface area (Å²) in [5, 5.41) is 28.8. The van der Waals surface area contributed by atoms with E-state index in [4.69, 9.17) is 10.5 Å². The number of anilines is 2. The summed E-state index contributed by atoms with van der Waals surface area (Å²) in [6.07, 6.45) is 5.18. The summed E-state index contributed by atoms with van der Waals surface area (Å²) < 4.78 is 23.9. The van der Waals surface area contributed by atoms with Crippen molar-refractivity contribution in [3.8, 4) is 0 Å². The number of aromatic nitrogens is 4. The summed E-state index contributed by atoms with van der Waals surface area (Å²) in [5.74, 6) is -3.83. The largest absolute Gasteiger partial charge is 0.477 e. The first kappa shape index (κ1) is 53.4. The van der Waals surface area contributed by atoms with Gasteiger partial charge in [0.2, 0.25) is 35.0 Å². The van der Waals surface area contributed by atoms with E-state index in [1.165, 1.54) is 26.7 Å². The van der Waals surface area contributed by atoms with Gasteiger partial charge in [0.05, 0.1) is 30.0 Å². The number of fused-ring (bicyclic) bond motifs is 1. The molecule has 4 aromatic rings. The lowest BCUT2D eigenvalue weighted by atomic mass is 10.0. The molecule has 0 spiro atoms. The van der Waals surface area contributed by atoms with Gasteiger partial charge in [0.25, 0.3) is 0 Å². The molecule has 2 aliphatic rings. The van der Waals surface area contributed by atoms with Gasteiger partial charge in [0, 0.05) is 82.3 Å². The minimum atomic E-state index is -1.39. The second-order valence-corrected chi connectivity index (χ2v) is 17.9. The number of primary amides is 1. The number of carboxylic acid groups (broad SMARTS) is 1. The predicted octanol–water partition coefficient (Wildman–Crippen LogP) is 3.18. The number of pyridine rings is 1. The molecule has 72 heavy (non-hydrogen) atoms. The molecule has 0 radical (unpaired) electrons. The smallest absolute Gasteiger partial charge is 0.410 e. The van der Waals surface area contributed by atoms with Crippen molar-refractivity contribution in [1.82, 2.24) is 45.3 Å². The van der Waals surface area contributed by atoms with Gasteiger partial charge in [-0.2, -0.15) is 0 Å². The molecule has 23 nitrogen and oxygen atoms in total. The van der Waals surface area contributed by atoms with Crippen molar-refractivity contribution >= 4 is 69.9 Å². The summed E-state index contributed by atoms with van der Waals surface area (Å²) >= 11 is 0. The van der Waals surface area contributed by atoms with Gasteiger partial charge >= 0.3 is 18.1 Å². The Bertz CT molecular complexity index is 2700. The Balaban J connectivity index is 0.986. The fourth-order valence-corrected chi connectivity index (χ4v) is 8.49. The zero-order valence-electron chi connectivity index (χ0n) is 40.5. The number of nitrogens with two attached hydrogens (primary N) is 1. The molecule has 2 fully saturated rings. The van der Waals surface area contributed by atoms with Crippen LogP contribution in [0.1, 0.15) is 106 Å². The summed E-state index contributed by atoms with van der Waals surface area (Å²) in [7, 11) is 0. The van der Waals surface area contributed by atoms with Gasteiger partial charge in [-0.05, 0) is 68.4 Å². The van der Waals surface area contributed by atoms with Crippen molar-refractivity contribution in [2.75, 3.05) is 56.0 Å². The molecule has 8 amide bonds. The van der Waals surface area contributed by atoms with E-state index >= 15 is 4.39 Å². The van der Waals surface area contributed by atoms with Crippen LogP contribution in [0.25, 0.3) is 10.9 Å². The minimum Gasteiger partial charge on any atom is -0.477 e. The maximum absolute atomic E-state index is 15.4. The number of carbonyl (C=O) groups is 8. The number of nitrogens with zero attached hydrogens (tertiary/aromatic N) is 7. The van der Waals surface area contributed by atoms with Crippen LogP contribution < -0.4 is 37.3 Å². The summed E-state index contributed by atoms with van der Waals surface area (Å²) in [5.41, 5.74) is 6.07. The number of carboxylic acids is 1. The number of hydrogen-bond acceptors (Lipinski definition) is 13. The van der Waals surface area contributed by atoms with E-state index in [1.54, 1.807) is 46.9 Å². The molecular weight excluding hydrogens is 940 g/mol. The number of rotatable bonds is 23. The number of carbonyl (C=O) groups excluding carboxylic acids is 7. The summed E-state index contributed by atoms with van der Waals surface area (Å²) in [6, 6.07) is 6.97. The van der Waals surface area contributed by atoms with Gasteiger partial charge in [-0.1, -0.05) is 37.6 Å². The lowest BCUT2D eigenvalue weighted by Crippen LogP contribution is -2.49. The lowest BCUT2D eigenvalue weighted by Gasteiger charge is -2.35. The Morgan fingerprint density at radius 1 is 0.889 bits per heavy atom. The number of amides is 8. The van der Waals surface area contributed by atoms with Crippen LogP contribution in [0.3, 0.4) is 0 Å². The number of halogens is 1. The highest BCUT2D eigenvalue weighted by Gasteiger charge is 2.30. The first-order chi connectivity index (χ1) is 34.4. The van der Waals surface area contributed by atoms with Crippen LogP contribution >= 0.6 is 0 Å². The Hall–Kier alpha value is -7.92. The highest BCUT2D eigenvalue weighted by molar-refractivity contribution is 6.02. The topological polar surface area (TPSA) is 303 Å². The zero-order valence-corrected chi connectivity index (χ0v) is 40.5. The van der Waals surface area contributed by atoms with Gasteiger partial charge in [-0.25, -0.2) is 23.5 Å². The highest BCUT2D eigenvalue weighted by atomic mass is 19.1. The SMILES string of the molecule is CCn1cc(C(=O)O)c(=O)c2cc(F)c(N3CCN(C(=O)OCc4ccc(NC(=O)[C@H](CCCNC(N)=O)n5cc(C(NC(=O)CNC(=O)CCCCCN6C(=O)CCC6=O)C(C)C)nn5)cc4)CC3)cc21. The maximum atomic E-state index is 15.4. The molecule has 386 valence electrons. The van der Waals surface area contributed by atoms with Crippen LogP contribution in [0, 0.1) is 11.7 Å². The third-order valence-corrected chi connectivity index (χ3v) is 12.5. The fourth-order valence-electron chi connectivity index (χ4n) is 8.49. The Labute approximate surface area is 413 Å². The van der Waals surface area contributed by atoms with Crippen LogP contribution in [0.15, 0.2) is 53.6 Å². The molecule has 2 atom stereocenters. The molecule has 2 aromatic heterocycles. The quantitative estimate of drug-likeness (QED) is 0.0460. The fraction of sp³-hybridized carbons (Fsp3) is 0.479. The lowest BCUT2D eigenvalue weighted by molar-refractivity contribution is -0.138. The molecule has 0 aliphatic carbocycles. The van der Waals surface area contributed by atoms with Crippen molar-refractivity contribution in [2.45, 2.75) is 97.4 Å². The maximum Gasteiger partial charge on any atom is 0.410 e. The van der Waals surface area contributed by atoms with Crippen molar-refractivity contribution < 1.29 is 52.6 Å². The van der Waals surface area contributed by atoms with E-state index < -0.39 is 58.8 Å². The second-order valence-electron chi connectivity index (χ2n) is 17.9. The molecule has 7 N–H and O–H groups in total. The number of unbranched alkanes of at least 4 members (excludes halogenated alkanes) is 2. The molecule has 1 unspecified atom stereocenters. The number of hydrogen-bond donors (Lipinski definition) is 6. The first-order valence-electron chi connectivity index (χ1n) is 23.9. The van der Waals surface area contributed by atoms with Crippen molar-refractivity contribution in [3.05, 3.63) is 81.7 Å². The van der Waals surface area contributed by atoms with Gasteiger partial charge in [0.15, 0.2) is 0 Å². The van der Waals surface area contributed by atoms with E-state index in [1.807, 2.05) is 13.8 Å². The molecule has 2 aliphatic heterocycles. The standard InChI is InChI=1S/C48H61FN12O11/c1-4-57-26-33(46(68)69)44(66)32-23-34(49)38(24-37(32)57)58-19-21-59(22-20-58)48(71)72-28-30-11-13-31(14-12-30)53-45(67)36(9-8-17-51-47(50)70)61-27-35(55-56-61)43(29(2)3)54-40(63)25-52-39(62)10-6-5-7-18-60-41(64)15-16-42(60)65/h11-14,23-24,26-27,29,36,43H,4-10,15-22,25,28H2,1-3H3,(H,52,62)(H,53,67)(H,54,63)(H,68,69)(H3,50,51,70)/t36-,43?/m0/s1. The van der Waals surface area contributed by atoms with Gasteiger partial charge in [0.1, 0.15) is 29.7 Å².